The molecule has 270 valence electrons. The van der Waals surface area contributed by atoms with E-state index >= 15 is 0 Å². The molecule has 2 atom stereocenters. The third kappa shape index (κ3) is 6.66. The average Bonchev–Trinajstić information content (AvgIpc) is 3.73. The van der Waals surface area contributed by atoms with E-state index in [-0.39, 0.29) is 61.5 Å². The van der Waals surface area contributed by atoms with Crippen LogP contribution in [0.4, 0.5) is 5.13 Å². The maximum Gasteiger partial charge on any atom is 0.352 e. The van der Waals surface area contributed by atoms with E-state index in [0.29, 0.717) is 25.2 Å². The smallest absolute Gasteiger partial charge is 0.352 e. The molecule has 0 radical (unpaired) electrons. The summed E-state index contributed by atoms with van der Waals surface area (Å²) in [4.78, 5) is 74.0. The summed E-state index contributed by atoms with van der Waals surface area (Å²) in [7, 11) is 0. The topological polar surface area (TPSA) is 260 Å². The fourth-order valence-corrected chi connectivity index (χ4v) is 8.80. The van der Waals surface area contributed by atoms with Crippen LogP contribution in [0.15, 0.2) is 32.7 Å². The summed E-state index contributed by atoms with van der Waals surface area (Å²) in [5.41, 5.74) is 5.44. The van der Waals surface area contributed by atoms with Gasteiger partial charge < -0.3 is 40.8 Å². The van der Waals surface area contributed by atoms with Gasteiger partial charge in [-0.3, -0.25) is 24.0 Å². The molecule has 0 unspecified atom stereocenters. The molecular weight excluding hydrogens is 732 g/mol. The highest BCUT2D eigenvalue weighted by atomic mass is 35.5. The Labute approximate surface area is 301 Å². The predicted molar refractivity (Wildman–Crippen MR) is 184 cm³/mol. The Morgan fingerprint density at radius 2 is 1.92 bits per heavy atom. The molecule has 5 heterocycles. The van der Waals surface area contributed by atoms with E-state index in [1.165, 1.54) is 27.9 Å². The van der Waals surface area contributed by atoms with Crippen molar-refractivity contribution in [2.24, 2.45) is 5.16 Å². The third-order valence-corrected chi connectivity index (χ3v) is 11.3. The van der Waals surface area contributed by atoms with Crippen molar-refractivity contribution in [3.63, 3.8) is 0 Å². The highest BCUT2D eigenvalue weighted by Crippen LogP contribution is 2.42. The number of aryl methyl sites for hydroxylation is 1. The number of carboxylic acid groups (broad SMARTS) is 2. The van der Waals surface area contributed by atoms with Crippen LogP contribution in [0.5, 0.6) is 11.5 Å². The van der Waals surface area contributed by atoms with Crippen molar-refractivity contribution in [3.05, 3.63) is 49.4 Å². The first-order valence-corrected chi connectivity index (χ1v) is 17.9. The molecule has 6 rings (SSSR count). The minimum atomic E-state index is -1.33. The Hall–Kier alpha value is -4.92. The number of carbonyl (C=O) groups is 4. The molecule has 3 aliphatic rings. The number of phenolic OH excluding ortho intramolecular Hbond substituents is 2. The van der Waals surface area contributed by atoms with Crippen LogP contribution in [-0.2, 0) is 37.1 Å². The number of hydrogen-bond donors (Lipinski definition) is 6. The van der Waals surface area contributed by atoms with Gasteiger partial charge in [-0.15, -0.1) is 23.1 Å². The lowest BCUT2D eigenvalue weighted by Crippen LogP contribution is -2.71. The number of aromatic nitrogens is 3. The molecule has 3 aliphatic heterocycles. The number of carboxylic acids is 2. The molecule has 51 heavy (non-hydrogen) atoms. The second-order valence-electron chi connectivity index (χ2n) is 12.2. The number of benzene rings is 1. The Morgan fingerprint density at radius 3 is 2.55 bits per heavy atom. The number of hydrogen-bond acceptors (Lipinski definition) is 14. The molecule has 3 aromatic rings. The van der Waals surface area contributed by atoms with Gasteiger partial charge in [-0.05, 0) is 6.92 Å². The number of nitrogens with one attached hydrogen (secondary N) is 1. The molecule has 0 aliphatic carbocycles. The molecule has 0 spiro atoms. The van der Waals surface area contributed by atoms with E-state index in [1.54, 1.807) is 6.92 Å². The lowest BCUT2D eigenvalue weighted by atomic mass is 10.0. The number of amides is 2. The van der Waals surface area contributed by atoms with Crippen LogP contribution in [0, 0.1) is 0 Å². The van der Waals surface area contributed by atoms with Gasteiger partial charge in [-0.25, -0.2) is 14.6 Å². The number of anilines is 1. The van der Waals surface area contributed by atoms with Gasteiger partial charge in [-0.2, -0.15) is 5.10 Å². The number of likely N-dealkylation sites (tertiary alicyclic amines) is 1. The van der Waals surface area contributed by atoms with Crippen molar-refractivity contribution in [2.75, 3.05) is 37.7 Å². The number of halogens is 1. The number of oxime groups is 1. The minimum Gasteiger partial charge on any atom is -0.504 e. The van der Waals surface area contributed by atoms with Crippen LogP contribution in [0.25, 0.3) is 10.9 Å². The summed E-state index contributed by atoms with van der Waals surface area (Å²) in [5, 5.41) is 50.9. The molecule has 1 aromatic carbocycles. The van der Waals surface area contributed by atoms with Crippen molar-refractivity contribution in [2.45, 2.75) is 44.3 Å². The zero-order valence-electron chi connectivity index (χ0n) is 26.9. The highest BCUT2D eigenvalue weighted by molar-refractivity contribution is 8.00. The monoisotopic (exact) mass is 763 g/mol. The number of nitrogens with two attached hydrogens (primary N) is 1. The largest absolute Gasteiger partial charge is 0.504 e. The number of thiazole rings is 1. The Kier molecular flexibility index (Phi) is 9.86. The summed E-state index contributed by atoms with van der Waals surface area (Å²) >= 11 is 8.60. The molecule has 0 saturated carbocycles. The van der Waals surface area contributed by atoms with Gasteiger partial charge in [0.15, 0.2) is 28.0 Å². The van der Waals surface area contributed by atoms with Crippen molar-refractivity contribution < 1.29 is 48.9 Å². The zero-order chi connectivity index (χ0) is 36.8. The summed E-state index contributed by atoms with van der Waals surface area (Å²) < 4.78 is 1.79. The van der Waals surface area contributed by atoms with Crippen molar-refractivity contribution in [1.82, 2.24) is 25.0 Å². The zero-order valence-corrected chi connectivity index (χ0v) is 29.3. The van der Waals surface area contributed by atoms with Gasteiger partial charge in [0, 0.05) is 42.2 Å². The van der Waals surface area contributed by atoms with Crippen molar-refractivity contribution in [1.29, 1.82) is 0 Å². The quantitative estimate of drug-likeness (QED) is 0.0492. The Bertz CT molecular complexity index is 2090. The Morgan fingerprint density at radius 1 is 1.20 bits per heavy atom. The van der Waals surface area contributed by atoms with Crippen LogP contribution in [-0.4, -0.2) is 117 Å². The van der Waals surface area contributed by atoms with Crippen molar-refractivity contribution >= 4 is 80.2 Å². The van der Waals surface area contributed by atoms with Crippen LogP contribution in [0.2, 0.25) is 5.02 Å². The number of nitrogen functional groups attached to an aromatic ring is 1. The molecule has 2 saturated heterocycles. The van der Waals surface area contributed by atoms with E-state index in [1.807, 2.05) is 0 Å². The number of phenols is 2. The number of fused-ring (bicyclic) bond motifs is 2. The minimum absolute atomic E-state index is 0.00262. The number of carbonyl (C=O) groups excluding carboxylic acids is 2. The van der Waals surface area contributed by atoms with E-state index in [9.17, 15) is 39.3 Å². The molecule has 21 heteroatoms. The van der Waals surface area contributed by atoms with Crippen LogP contribution in [0.3, 0.4) is 0 Å². The second kappa shape index (κ2) is 14.0. The lowest BCUT2D eigenvalue weighted by Gasteiger charge is -2.50. The van der Waals surface area contributed by atoms with Gasteiger partial charge in [0.1, 0.15) is 35.9 Å². The normalized spacial score (nSPS) is 19.9. The summed E-state index contributed by atoms with van der Waals surface area (Å²) in [6.07, 6.45) is 1.61. The van der Waals surface area contributed by atoms with E-state index in [4.69, 9.17) is 27.3 Å². The summed E-state index contributed by atoms with van der Waals surface area (Å²) in [5.74, 6) is -5.14. The average molecular weight is 764 g/mol. The maximum absolute atomic E-state index is 13.8. The SMILES string of the molecule is CCn1nc(C[N+]2(CC3=C(C(=O)O)N4C(=O)[C@@H](NC(=O)/C(=N\OCC(=O)O)c5csc(N)n5)[C@H]4SC3)CCCC2)c(=O)c2c(Cl)c(O)c(O)cc21. The van der Waals surface area contributed by atoms with Crippen molar-refractivity contribution in [3.8, 4) is 11.5 Å². The van der Waals surface area contributed by atoms with Crippen LogP contribution < -0.4 is 16.5 Å². The lowest BCUT2D eigenvalue weighted by molar-refractivity contribution is -0.925. The molecule has 2 fully saturated rings. The maximum atomic E-state index is 13.8. The highest BCUT2D eigenvalue weighted by Gasteiger charge is 2.55. The predicted octanol–water partition coefficient (Wildman–Crippen LogP) is 0.874. The first-order chi connectivity index (χ1) is 24.2. The van der Waals surface area contributed by atoms with Crippen LogP contribution in [0.1, 0.15) is 31.2 Å². The van der Waals surface area contributed by atoms with Gasteiger partial charge in [0.25, 0.3) is 11.8 Å². The summed E-state index contributed by atoms with van der Waals surface area (Å²) in [6.45, 7) is 2.81. The molecule has 2 aromatic heterocycles. The fourth-order valence-electron chi connectivity index (χ4n) is 6.63. The van der Waals surface area contributed by atoms with E-state index in [0.717, 1.165) is 29.1 Å². The number of aliphatic carboxylic acids is 2. The standard InChI is InChI=1S/C30H31ClN8O10S2/c1-2-37-16-7-17(40)25(44)20(31)19(16)24(43)14(35-37)9-39(5-3-4-6-39)8-13-11-50-28-22(27(46)38(28)23(13)29(47)48)34-26(45)21(36-49-10-18(41)42)15-12-51-30(32)33-15/h7,12,22,28H,2-6,8-11H2,1H3,(H6-,32,33,34,35,36,40,41,42,43,44,45,47,48)/p+1/t22-,28-/m1/s1. The molecule has 0 bridgehead atoms. The number of nitrogens with zero attached hydrogens (tertiary/aromatic N) is 6. The first-order valence-electron chi connectivity index (χ1n) is 15.6. The number of β-lactam (4-membered cyclic amide) rings is 1. The Balaban J connectivity index is 1.27. The number of thioether (sulfide) groups is 1. The number of quaternary nitrogens is 1. The second-order valence-corrected chi connectivity index (χ2v) is 14.5. The molecule has 2 amide bonds. The third-order valence-electron chi connectivity index (χ3n) is 8.89. The number of rotatable bonds is 12. The first kappa shape index (κ1) is 35.9. The van der Waals surface area contributed by atoms with Crippen LogP contribution >= 0.6 is 34.7 Å². The molecule has 7 N–H and O–H groups in total. The fraction of sp³-hybridized carbons (Fsp3) is 0.400. The van der Waals surface area contributed by atoms with Gasteiger partial charge in [0.2, 0.25) is 12.0 Å². The van der Waals surface area contributed by atoms with Gasteiger partial charge in [-0.1, -0.05) is 16.8 Å². The molecule has 18 nitrogen and oxygen atoms in total. The van der Waals surface area contributed by atoms with E-state index < -0.39 is 64.4 Å². The van der Waals surface area contributed by atoms with Gasteiger partial charge >= 0.3 is 11.9 Å². The molecular formula is C30H32ClN8O10S2+. The number of aromatic hydroxyl groups is 2. The van der Waals surface area contributed by atoms with Gasteiger partial charge in [0.05, 0.1) is 29.0 Å². The summed E-state index contributed by atoms with van der Waals surface area (Å²) in [6, 6.07) is 0.0945. The van der Waals surface area contributed by atoms with E-state index in [2.05, 4.69) is 20.6 Å².